The van der Waals surface area contributed by atoms with Gasteiger partial charge in [-0.1, -0.05) is 18.2 Å². The lowest BCUT2D eigenvalue weighted by atomic mass is 9.83. The van der Waals surface area contributed by atoms with Gasteiger partial charge in [0, 0.05) is 11.6 Å². The fourth-order valence-electron chi connectivity index (χ4n) is 3.11. The SMILES string of the molecule is N#CC1=C(N)Oc2c(c(=O)oc3ccccc23)[C@@H]1c1ccc(F)cc1F. The van der Waals surface area contributed by atoms with Crippen molar-refractivity contribution >= 4 is 11.0 Å². The average molecular weight is 352 g/mol. The van der Waals surface area contributed by atoms with E-state index in [1.807, 2.05) is 6.07 Å². The van der Waals surface area contributed by atoms with Gasteiger partial charge in [0.2, 0.25) is 5.88 Å². The zero-order valence-corrected chi connectivity index (χ0v) is 13.1. The molecular weight excluding hydrogens is 342 g/mol. The molecule has 0 radical (unpaired) electrons. The van der Waals surface area contributed by atoms with Crippen LogP contribution in [0.4, 0.5) is 8.78 Å². The van der Waals surface area contributed by atoms with E-state index in [-0.39, 0.29) is 33.9 Å². The van der Waals surface area contributed by atoms with Gasteiger partial charge in [-0.25, -0.2) is 13.6 Å². The molecule has 0 bridgehead atoms. The lowest BCUT2D eigenvalue weighted by Crippen LogP contribution is -2.26. The molecule has 128 valence electrons. The van der Waals surface area contributed by atoms with Crippen molar-refractivity contribution in [3.63, 3.8) is 0 Å². The molecule has 2 heterocycles. The zero-order valence-electron chi connectivity index (χ0n) is 13.1. The smallest absolute Gasteiger partial charge is 0.344 e. The van der Waals surface area contributed by atoms with Crippen LogP contribution < -0.4 is 16.1 Å². The van der Waals surface area contributed by atoms with Gasteiger partial charge >= 0.3 is 5.63 Å². The monoisotopic (exact) mass is 352 g/mol. The van der Waals surface area contributed by atoms with Crippen LogP contribution in [0.3, 0.4) is 0 Å². The first kappa shape index (κ1) is 15.8. The van der Waals surface area contributed by atoms with Crippen molar-refractivity contribution < 1.29 is 17.9 Å². The van der Waals surface area contributed by atoms with Crippen molar-refractivity contribution in [2.45, 2.75) is 5.92 Å². The van der Waals surface area contributed by atoms with Crippen LogP contribution in [0.25, 0.3) is 11.0 Å². The zero-order chi connectivity index (χ0) is 18.4. The second-order valence-electron chi connectivity index (χ2n) is 5.72. The van der Waals surface area contributed by atoms with E-state index in [0.717, 1.165) is 6.07 Å². The van der Waals surface area contributed by atoms with E-state index in [0.29, 0.717) is 11.5 Å². The molecule has 1 atom stereocenters. The minimum Gasteiger partial charge on any atom is -0.439 e. The molecule has 0 unspecified atom stereocenters. The average Bonchev–Trinajstić information content (AvgIpc) is 2.61. The number of nitriles is 1. The summed E-state index contributed by atoms with van der Waals surface area (Å²) in [6.07, 6.45) is 0. The Morgan fingerprint density at radius 1 is 1.15 bits per heavy atom. The van der Waals surface area contributed by atoms with Gasteiger partial charge in [0.15, 0.2) is 5.75 Å². The topological polar surface area (TPSA) is 89.3 Å². The van der Waals surface area contributed by atoms with E-state index in [1.54, 1.807) is 24.3 Å². The summed E-state index contributed by atoms with van der Waals surface area (Å²) in [4.78, 5) is 12.6. The van der Waals surface area contributed by atoms with Gasteiger partial charge in [-0.2, -0.15) is 5.26 Å². The summed E-state index contributed by atoms with van der Waals surface area (Å²) in [6, 6.07) is 11.4. The van der Waals surface area contributed by atoms with Crippen LogP contribution in [-0.4, -0.2) is 0 Å². The molecule has 0 amide bonds. The fraction of sp³-hybridized carbons (Fsp3) is 0.0526. The van der Waals surface area contributed by atoms with Crippen LogP contribution in [0.15, 0.2) is 63.1 Å². The Labute approximate surface area is 145 Å². The van der Waals surface area contributed by atoms with Crippen LogP contribution in [0.2, 0.25) is 0 Å². The van der Waals surface area contributed by atoms with Gasteiger partial charge in [0.1, 0.15) is 28.9 Å². The molecule has 0 aliphatic carbocycles. The summed E-state index contributed by atoms with van der Waals surface area (Å²) < 4.78 is 38.6. The molecule has 3 aromatic rings. The quantitative estimate of drug-likeness (QED) is 0.679. The van der Waals surface area contributed by atoms with E-state index in [2.05, 4.69) is 0 Å². The summed E-state index contributed by atoms with van der Waals surface area (Å²) in [5.74, 6) is -2.99. The molecule has 1 aliphatic rings. The molecule has 0 saturated carbocycles. The van der Waals surface area contributed by atoms with Crippen molar-refractivity contribution in [2.24, 2.45) is 5.73 Å². The molecule has 7 heteroatoms. The van der Waals surface area contributed by atoms with Gasteiger partial charge < -0.3 is 14.9 Å². The number of rotatable bonds is 1. The Morgan fingerprint density at radius 3 is 2.65 bits per heavy atom. The van der Waals surface area contributed by atoms with E-state index >= 15 is 0 Å². The first-order chi connectivity index (χ1) is 12.5. The molecule has 1 aliphatic heterocycles. The molecule has 5 nitrogen and oxygen atoms in total. The van der Waals surface area contributed by atoms with Crippen LogP contribution in [0.5, 0.6) is 5.75 Å². The largest absolute Gasteiger partial charge is 0.439 e. The summed E-state index contributed by atoms with van der Waals surface area (Å²) in [5.41, 5.74) is 5.07. The number of allylic oxidation sites excluding steroid dienone is 1. The fourth-order valence-corrected chi connectivity index (χ4v) is 3.11. The maximum Gasteiger partial charge on any atom is 0.344 e. The molecule has 0 saturated heterocycles. The number of ether oxygens (including phenoxy) is 1. The molecular formula is C19H10F2N2O3. The molecule has 4 rings (SSSR count). The van der Waals surface area contributed by atoms with Gasteiger partial charge in [-0.3, -0.25) is 0 Å². The molecule has 2 aromatic carbocycles. The summed E-state index contributed by atoms with van der Waals surface area (Å²) in [6.45, 7) is 0. The maximum absolute atomic E-state index is 14.4. The number of fused-ring (bicyclic) bond motifs is 3. The number of hydrogen-bond acceptors (Lipinski definition) is 5. The summed E-state index contributed by atoms with van der Waals surface area (Å²) in [7, 11) is 0. The number of benzene rings is 2. The van der Waals surface area contributed by atoms with Crippen molar-refractivity contribution in [1.82, 2.24) is 0 Å². The van der Waals surface area contributed by atoms with E-state index in [9.17, 15) is 18.8 Å². The lowest BCUT2D eigenvalue weighted by molar-refractivity contribution is 0.386. The summed E-state index contributed by atoms with van der Waals surface area (Å²) in [5, 5.41) is 9.92. The van der Waals surface area contributed by atoms with Gasteiger partial charge in [-0.15, -0.1) is 0 Å². The molecule has 0 fully saturated rings. The van der Waals surface area contributed by atoms with Gasteiger partial charge in [0.05, 0.1) is 16.9 Å². The first-order valence-electron chi connectivity index (χ1n) is 7.59. The number of halogens is 2. The Hall–Kier alpha value is -3.66. The third kappa shape index (κ3) is 2.24. The Morgan fingerprint density at radius 2 is 1.92 bits per heavy atom. The number of para-hydroxylation sites is 1. The van der Waals surface area contributed by atoms with E-state index < -0.39 is 23.2 Å². The molecule has 0 spiro atoms. The van der Waals surface area contributed by atoms with Crippen LogP contribution >= 0.6 is 0 Å². The van der Waals surface area contributed by atoms with Gasteiger partial charge in [0.25, 0.3) is 0 Å². The predicted octanol–water partition coefficient (Wildman–Crippen LogP) is 3.29. The molecule has 1 aromatic heterocycles. The van der Waals surface area contributed by atoms with Crippen LogP contribution in [-0.2, 0) is 0 Å². The van der Waals surface area contributed by atoms with Crippen molar-refractivity contribution in [2.75, 3.05) is 0 Å². The third-order valence-corrected chi connectivity index (χ3v) is 4.25. The highest BCUT2D eigenvalue weighted by Crippen LogP contribution is 2.43. The highest BCUT2D eigenvalue weighted by atomic mass is 19.1. The number of hydrogen-bond donors (Lipinski definition) is 1. The van der Waals surface area contributed by atoms with E-state index in [4.69, 9.17) is 14.9 Å². The minimum absolute atomic E-state index is 0.0556. The second kappa shape index (κ2) is 5.70. The summed E-state index contributed by atoms with van der Waals surface area (Å²) >= 11 is 0. The number of nitrogens with two attached hydrogens (primary N) is 1. The minimum atomic E-state index is -1.16. The normalized spacial score (nSPS) is 16.1. The predicted molar refractivity (Wildman–Crippen MR) is 88.1 cm³/mol. The Bertz CT molecular complexity index is 1190. The lowest BCUT2D eigenvalue weighted by Gasteiger charge is -2.26. The maximum atomic E-state index is 14.4. The first-order valence-corrected chi connectivity index (χ1v) is 7.59. The highest BCUT2D eigenvalue weighted by Gasteiger charge is 2.36. The van der Waals surface area contributed by atoms with Crippen molar-refractivity contribution in [3.05, 3.63) is 87.1 Å². The second-order valence-corrected chi connectivity index (χ2v) is 5.72. The van der Waals surface area contributed by atoms with Crippen LogP contribution in [0, 0.1) is 23.0 Å². The number of nitrogens with zero attached hydrogens (tertiary/aromatic N) is 1. The van der Waals surface area contributed by atoms with Gasteiger partial charge in [-0.05, 0) is 18.2 Å². The highest BCUT2D eigenvalue weighted by molar-refractivity contribution is 5.86. The standard InChI is InChI=1S/C19H10F2N2O3/c20-9-5-6-10(13(21)7-9)15-12(8-22)18(23)26-17-11-3-1-2-4-14(11)25-19(24)16(15)17/h1-7,15H,23H2/t15-/m1/s1. The Balaban J connectivity index is 2.10. The van der Waals surface area contributed by atoms with E-state index in [1.165, 1.54) is 6.07 Å². The van der Waals surface area contributed by atoms with Crippen molar-refractivity contribution in [1.29, 1.82) is 5.26 Å². The molecule has 26 heavy (non-hydrogen) atoms. The van der Waals surface area contributed by atoms with Crippen LogP contribution in [0.1, 0.15) is 17.0 Å². The third-order valence-electron chi connectivity index (χ3n) is 4.25. The molecule has 2 N–H and O–H groups in total. The van der Waals surface area contributed by atoms with Crippen molar-refractivity contribution in [3.8, 4) is 11.8 Å². The Kier molecular flexibility index (Phi) is 3.48.